The van der Waals surface area contributed by atoms with Gasteiger partial charge in [-0.15, -0.1) is 0 Å². The molecule has 1 N–H and O–H groups in total. The van der Waals surface area contributed by atoms with Gasteiger partial charge < -0.3 is 0 Å². The van der Waals surface area contributed by atoms with E-state index in [4.69, 9.17) is 0 Å². The van der Waals surface area contributed by atoms with Crippen LogP contribution in [0.5, 0.6) is 0 Å². The number of hydrogen-bond acceptors (Lipinski definition) is 4. The van der Waals surface area contributed by atoms with E-state index < -0.39 is 24.6 Å². The monoisotopic (exact) mass is 253 g/mol. The van der Waals surface area contributed by atoms with E-state index in [0.29, 0.717) is 25.7 Å². The van der Waals surface area contributed by atoms with E-state index in [1.165, 1.54) is 6.26 Å². The molecule has 2 aliphatic carbocycles. The van der Waals surface area contributed by atoms with Gasteiger partial charge in [-0.25, -0.2) is 21.6 Å². The molecule has 5 nitrogen and oxygen atoms in total. The van der Waals surface area contributed by atoms with Crippen LogP contribution in [0.15, 0.2) is 0 Å². The van der Waals surface area contributed by atoms with Crippen LogP contribution in [0, 0.1) is 0 Å². The summed E-state index contributed by atoms with van der Waals surface area (Å²) in [7, 11) is -6.40. The quantitative estimate of drug-likeness (QED) is 0.726. The molecule has 7 heteroatoms. The van der Waals surface area contributed by atoms with Gasteiger partial charge in [0.1, 0.15) is 0 Å². The first-order chi connectivity index (χ1) is 6.77. The number of rotatable bonds is 5. The minimum atomic E-state index is -3.25. The molecule has 2 rings (SSSR count). The molecule has 0 bridgehead atoms. The molecule has 15 heavy (non-hydrogen) atoms. The van der Waals surface area contributed by atoms with E-state index >= 15 is 0 Å². The number of sulfonamides is 1. The van der Waals surface area contributed by atoms with Crippen molar-refractivity contribution in [2.75, 3.05) is 12.8 Å². The lowest BCUT2D eigenvalue weighted by atomic mass is 10.4. The van der Waals surface area contributed by atoms with Crippen LogP contribution in [0.2, 0.25) is 0 Å². The molecule has 0 aromatic heterocycles. The lowest BCUT2D eigenvalue weighted by molar-refractivity contribution is 0.565. The second kappa shape index (κ2) is 3.18. The zero-order chi connectivity index (χ0) is 11.3. The Kier molecular flexibility index (Phi) is 2.40. The molecule has 0 spiro atoms. The molecule has 2 saturated carbocycles. The molecule has 0 radical (unpaired) electrons. The van der Waals surface area contributed by atoms with E-state index in [1.54, 1.807) is 0 Å². The molecule has 0 aliphatic heterocycles. The van der Waals surface area contributed by atoms with Gasteiger partial charge in [0, 0.05) is 12.8 Å². The van der Waals surface area contributed by atoms with E-state index in [1.807, 2.05) is 0 Å². The molecule has 2 fully saturated rings. The summed E-state index contributed by atoms with van der Waals surface area (Å²) in [6, 6.07) is 0. The van der Waals surface area contributed by atoms with Crippen molar-refractivity contribution in [1.29, 1.82) is 0 Å². The van der Waals surface area contributed by atoms with Crippen LogP contribution in [0.4, 0.5) is 0 Å². The van der Waals surface area contributed by atoms with Crippen LogP contribution in [0.1, 0.15) is 25.7 Å². The molecule has 0 unspecified atom stereocenters. The molecule has 0 aromatic rings. The van der Waals surface area contributed by atoms with Crippen LogP contribution in [0.25, 0.3) is 0 Å². The van der Waals surface area contributed by atoms with Crippen molar-refractivity contribution in [3.05, 3.63) is 0 Å². The van der Waals surface area contributed by atoms with Crippen molar-refractivity contribution in [3.8, 4) is 0 Å². The van der Waals surface area contributed by atoms with Gasteiger partial charge in [0.2, 0.25) is 10.0 Å². The summed E-state index contributed by atoms with van der Waals surface area (Å²) in [5.41, 5.74) is 0. The maximum atomic E-state index is 11.5. The summed E-state index contributed by atoms with van der Waals surface area (Å²) in [6.07, 6.45) is 3.70. The van der Waals surface area contributed by atoms with Crippen molar-refractivity contribution >= 4 is 19.9 Å². The van der Waals surface area contributed by atoms with Gasteiger partial charge in [0.05, 0.1) is 10.00 Å². The standard InChI is InChI=1S/C8H15NO4S2/c1-14(10,11)8(4-5-8)6-9-15(12,13)7-2-3-7/h7,9H,2-6H2,1H3. The van der Waals surface area contributed by atoms with E-state index in [2.05, 4.69) is 4.72 Å². The molecule has 0 aromatic carbocycles. The molecule has 0 amide bonds. The first kappa shape index (κ1) is 11.3. The Hall–Kier alpha value is -0.140. The van der Waals surface area contributed by atoms with Crippen LogP contribution in [-0.4, -0.2) is 39.6 Å². The smallest absolute Gasteiger partial charge is 0.214 e. The Morgan fingerprint density at radius 2 is 1.73 bits per heavy atom. The third-order valence-electron chi connectivity index (χ3n) is 3.15. The summed E-state index contributed by atoms with van der Waals surface area (Å²) < 4.78 is 47.4. The molecule has 0 heterocycles. The topological polar surface area (TPSA) is 80.3 Å². The normalized spacial score (nSPS) is 25.1. The van der Waals surface area contributed by atoms with Gasteiger partial charge in [-0.1, -0.05) is 0 Å². The Labute approximate surface area is 90.2 Å². The van der Waals surface area contributed by atoms with Crippen LogP contribution >= 0.6 is 0 Å². The molecular formula is C8H15NO4S2. The average Bonchev–Trinajstić information content (AvgIpc) is 2.94. The summed E-state index contributed by atoms with van der Waals surface area (Å²) in [6.45, 7) is 0.0463. The van der Waals surface area contributed by atoms with Gasteiger partial charge in [-0.05, 0) is 25.7 Å². The zero-order valence-electron chi connectivity index (χ0n) is 8.56. The summed E-state index contributed by atoms with van der Waals surface area (Å²) in [4.78, 5) is 0. The van der Waals surface area contributed by atoms with Crippen LogP contribution < -0.4 is 4.72 Å². The average molecular weight is 253 g/mol. The molecular weight excluding hydrogens is 238 g/mol. The minimum Gasteiger partial charge on any atom is -0.228 e. The van der Waals surface area contributed by atoms with Crippen LogP contribution in [-0.2, 0) is 19.9 Å². The Bertz CT molecular complexity index is 457. The SMILES string of the molecule is CS(=O)(=O)C1(CNS(=O)(=O)C2CC2)CC1. The second-order valence-electron chi connectivity index (χ2n) is 4.52. The zero-order valence-corrected chi connectivity index (χ0v) is 10.2. The molecule has 0 saturated heterocycles. The number of hydrogen-bond donors (Lipinski definition) is 1. The predicted octanol–water partition coefficient (Wildman–Crippen LogP) is -0.355. The van der Waals surface area contributed by atoms with E-state index in [0.717, 1.165) is 0 Å². The first-order valence-corrected chi connectivity index (χ1v) is 8.39. The van der Waals surface area contributed by atoms with E-state index in [-0.39, 0.29) is 11.8 Å². The summed E-state index contributed by atoms with van der Waals surface area (Å²) >= 11 is 0. The summed E-state index contributed by atoms with van der Waals surface area (Å²) in [5, 5.41) is -0.284. The Morgan fingerprint density at radius 1 is 1.20 bits per heavy atom. The van der Waals surface area contributed by atoms with Crippen molar-refractivity contribution in [2.45, 2.75) is 35.7 Å². The van der Waals surface area contributed by atoms with E-state index in [9.17, 15) is 16.8 Å². The second-order valence-corrected chi connectivity index (χ2v) is 8.98. The summed E-state index contributed by atoms with van der Waals surface area (Å²) in [5.74, 6) is 0. The highest BCUT2D eigenvalue weighted by Gasteiger charge is 2.53. The van der Waals surface area contributed by atoms with Gasteiger partial charge >= 0.3 is 0 Å². The third kappa shape index (κ3) is 2.19. The fraction of sp³-hybridized carbons (Fsp3) is 1.00. The van der Waals surface area contributed by atoms with Crippen molar-refractivity contribution in [3.63, 3.8) is 0 Å². The lowest BCUT2D eigenvalue weighted by Crippen LogP contribution is -2.39. The van der Waals surface area contributed by atoms with Gasteiger partial charge in [0.15, 0.2) is 9.84 Å². The molecule has 2 aliphatic rings. The maximum absolute atomic E-state index is 11.5. The fourth-order valence-corrected chi connectivity index (χ4v) is 4.29. The molecule has 88 valence electrons. The third-order valence-corrected chi connectivity index (χ3v) is 7.17. The van der Waals surface area contributed by atoms with Crippen LogP contribution in [0.3, 0.4) is 0 Å². The Morgan fingerprint density at radius 3 is 2.07 bits per heavy atom. The van der Waals surface area contributed by atoms with Crippen molar-refractivity contribution < 1.29 is 16.8 Å². The first-order valence-electron chi connectivity index (χ1n) is 4.95. The maximum Gasteiger partial charge on any atom is 0.214 e. The minimum absolute atomic E-state index is 0.0463. The van der Waals surface area contributed by atoms with Gasteiger partial charge in [-0.2, -0.15) is 0 Å². The highest BCUT2D eigenvalue weighted by atomic mass is 32.2. The fourth-order valence-electron chi connectivity index (χ4n) is 1.55. The Balaban J connectivity index is 2.00. The molecule has 0 atom stereocenters. The predicted molar refractivity (Wildman–Crippen MR) is 56.8 cm³/mol. The highest BCUT2D eigenvalue weighted by molar-refractivity contribution is 7.92. The largest absolute Gasteiger partial charge is 0.228 e. The van der Waals surface area contributed by atoms with Crippen molar-refractivity contribution in [1.82, 2.24) is 4.72 Å². The van der Waals surface area contributed by atoms with Gasteiger partial charge in [-0.3, -0.25) is 0 Å². The highest BCUT2D eigenvalue weighted by Crippen LogP contribution is 2.42. The number of nitrogens with one attached hydrogen (secondary N) is 1. The van der Waals surface area contributed by atoms with Crippen molar-refractivity contribution in [2.24, 2.45) is 0 Å². The van der Waals surface area contributed by atoms with Gasteiger partial charge in [0.25, 0.3) is 0 Å². The lowest BCUT2D eigenvalue weighted by Gasteiger charge is -2.13. The number of sulfone groups is 1.